The van der Waals surface area contributed by atoms with E-state index in [1.165, 1.54) is 11.1 Å². The Morgan fingerprint density at radius 2 is 1.49 bits per heavy atom. The average Bonchev–Trinajstić information content (AvgIpc) is 2.88. The second-order valence-corrected chi connectivity index (χ2v) is 12.7. The molecule has 8 nitrogen and oxygen atoms in total. The molecule has 2 unspecified atom stereocenters. The van der Waals surface area contributed by atoms with Crippen molar-refractivity contribution in [2.75, 3.05) is 13.1 Å². The lowest BCUT2D eigenvalue weighted by Gasteiger charge is -2.25. The summed E-state index contributed by atoms with van der Waals surface area (Å²) < 4.78 is 10.7. The minimum atomic E-state index is -0.639. The minimum Gasteiger partial charge on any atom is -0.444 e. The second kappa shape index (κ2) is 16.8. The van der Waals surface area contributed by atoms with Gasteiger partial charge < -0.3 is 25.4 Å². The second-order valence-electron chi connectivity index (χ2n) is 12.7. The van der Waals surface area contributed by atoms with E-state index in [9.17, 15) is 14.4 Å². The first kappa shape index (κ1) is 33.9. The predicted molar refractivity (Wildman–Crippen MR) is 164 cm³/mol. The number of amides is 3. The maximum Gasteiger partial charge on any atom is 0.407 e. The van der Waals surface area contributed by atoms with Crippen LogP contribution >= 0.6 is 0 Å². The molecule has 2 atom stereocenters. The Kier molecular flexibility index (Phi) is 13.9. The zero-order valence-corrected chi connectivity index (χ0v) is 25.9. The number of allylic oxidation sites excluding steroid dienone is 4. The van der Waals surface area contributed by atoms with Gasteiger partial charge in [-0.3, -0.25) is 4.79 Å². The fourth-order valence-corrected chi connectivity index (χ4v) is 4.51. The summed E-state index contributed by atoms with van der Waals surface area (Å²) >= 11 is 0. The number of aryl methyl sites for hydroxylation is 1. The lowest BCUT2D eigenvalue weighted by Crippen LogP contribution is -2.46. The Morgan fingerprint density at radius 3 is 2.12 bits per heavy atom. The van der Waals surface area contributed by atoms with Crippen molar-refractivity contribution in [2.45, 2.75) is 110 Å². The number of alkyl carbamates (subject to hydrolysis) is 2. The number of hydrogen-bond acceptors (Lipinski definition) is 5. The Morgan fingerprint density at radius 1 is 0.829 bits per heavy atom. The monoisotopic (exact) mass is 569 g/mol. The molecule has 2 rings (SSSR count). The lowest BCUT2D eigenvalue weighted by atomic mass is 9.91. The van der Waals surface area contributed by atoms with Crippen LogP contribution in [0, 0.1) is 5.92 Å². The van der Waals surface area contributed by atoms with Crippen molar-refractivity contribution in [2.24, 2.45) is 5.92 Å². The summed E-state index contributed by atoms with van der Waals surface area (Å²) in [6.45, 7) is 11.4. The van der Waals surface area contributed by atoms with Gasteiger partial charge in [0.15, 0.2) is 0 Å². The molecule has 3 amide bonds. The summed E-state index contributed by atoms with van der Waals surface area (Å²) in [6.07, 6.45) is 12.2. The van der Waals surface area contributed by atoms with Gasteiger partial charge in [-0.2, -0.15) is 0 Å². The van der Waals surface area contributed by atoms with Crippen molar-refractivity contribution < 1.29 is 23.9 Å². The quantitative estimate of drug-likeness (QED) is 0.219. The molecule has 0 fully saturated rings. The molecule has 0 spiro atoms. The topological polar surface area (TPSA) is 106 Å². The van der Waals surface area contributed by atoms with Crippen LogP contribution in [0.2, 0.25) is 0 Å². The lowest BCUT2D eigenvalue weighted by molar-refractivity contribution is -0.125. The summed E-state index contributed by atoms with van der Waals surface area (Å²) in [5.74, 6) is -0.0270. The Balaban J connectivity index is 1.91. The molecule has 0 saturated carbocycles. The summed E-state index contributed by atoms with van der Waals surface area (Å²) in [5, 5.41) is 8.68. The third-order valence-electron chi connectivity index (χ3n) is 6.49. The molecule has 3 N–H and O–H groups in total. The van der Waals surface area contributed by atoms with Crippen molar-refractivity contribution in [3.8, 4) is 0 Å². The van der Waals surface area contributed by atoms with E-state index >= 15 is 0 Å². The van der Waals surface area contributed by atoms with Crippen LogP contribution in [0.15, 0.2) is 54.1 Å². The smallest absolute Gasteiger partial charge is 0.407 e. The zero-order chi connectivity index (χ0) is 30.3. The third kappa shape index (κ3) is 15.9. The van der Waals surface area contributed by atoms with Crippen LogP contribution in [0.4, 0.5) is 9.59 Å². The maximum absolute atomic E-state index is 13.3. The first-order valence-electron chi connectivity index (χ1n) is 14.9. The molecule has 1 aromatic carbocycles. The highest BCUT2D eigenvalue weighted by atomic mass is 16.6. The van der Waals surface area contributed by atoms with Gasteiger partial charge in [0, 0.05) is 25.0 Å². The number of hydrogen-bond donors (Lipinski definition) is 3. The third-order valence-corrected chi connectivity index (χ3v) is 6.49. The number of ether oxygens (including phenoxy) is 2. The van der Waals surface area contributed by atoms with Crippen LogP contribution in [0.5, 0.6) is 0 Å². The van der Waals surface area contributed by atoms with Crippen LogP contribution in [0.25, 0.3) is 0 Å². The van der Waals surface area contributed by atoms with Gasteiger partial charge in [-0.05, 0) is 98.5 Å². The van der Waals surface area contributed by atoms with Crippen molar-refractivity contribution in [3.63, 3.8) is 0 Å². The number of rotatable bonds is 14. The van der Waals surface area contributed by atoms with Gasteiger partial charge in [0.05, 0.1) is 0 Å². The van der Waals surface area contributed by atoms with E-state index in [1.54, 1.807) is 41.5 Å². The molecule has 0 aromatic heterocycles. The Bertz CT molecular complexity index is 1020. The summed E-state index contributed by atoms with van der Waals surface area (Å²) in [5.41, 5.74) is 1.28. The molecule has 0 saturated heterocycles. The average molecular weight is 570 g/mol. The SMILES string of the molecule is CC(C)(C)OC(=O)NCC(CCCNC(=O)C(CCC1=CCCC=C1)CCc1ccccc1)NC(=O)OC(C)(C)C. The molecule has 0 heterocycles. The number of benzene rings is 1. The molecule has 1 aliphatic carbocycles. The number of carbonyl (C=O) groups excluding carboxylic acids is 3. The van der Waals surface area contributed by atoms with Crippen molar-refractivity contribution in [1.82, 2.24) is 16.0 Å². The first-order chi connectivity index (χ1) is 19.3. The van der Waals surface area contributed by atoms with Crippen LogP contribution in [-0.4, -0.2) is 48.4 Å². The van der Waals surface area contributed by atoms with Crippen LogP contribution in [0.1, 0.15) is 92.1 Å². The van der Waals surface area contributed by atoms with Crippen molar-refractivity contribution in [3.05, 3.63) is 59.7 Å². The molecule has 228 valence electrons. The van der Waals surface area contributed by atoms with E-state index < -0.39 is 23.4 Å². The first-order valence-corrected chi connectivity index (χ1v) is 14.9. The van der Waals surface area contributed by atoms with E-state index in [0.717, 1.165) is 38.5 Å². The largest absolute Gasteiger partial charge is 0.444 e. The van der Waals surface area contributed by atoms with E-state index in [-0.39, 0.29) is 24.4 Å². The number of carbonyl (C=O) groups is 3. The van der Waals surface area contributed by atoms with Gasteiger partial charge in [-0.15, -0.1) is 0 Å². The zero-order valence-electron chi connectivity index (χ0n) is 25.9. The Labute approximate surface area is 246 Å². The van der Waals surface area contributed by atoms with E-state index in [1.807, 2.05) is 18.2 Å². The number of nitrogens with one attached hydrogen (secondary N) is 3. The fraction of sp³-hybridized carbons (Fsp3) is 0.606. The van der Waals surface area contributed by atoms with Gasteiger partial charge >= 0.3 is 12.2 Å². The normalized spacial score (nSPS) is 14.8. The van der Waals surface area contributed by atoms with Crippen LogP contribution in [-0.2, 0) is 20.7 Å². The van der Waals surface area contributed by atoms with Crippen molar-refractivity contribution >= 4 is 18.1 Å². The minimum absolute atomic E-state index is 0.0600. The molecule has 41 heavy (non-hydrogen) atoms. The van der Waals surface area contributed by atoms with Crippen LogP contribution in [0.3, 0.4) is 0 Å². The molecule has 0 bridgehead atoms. The van der Waals surface area contributed by atoms with Gasteiger partial charge in [0.25, 0.3) is 0 Å². The standard InChI is InChI=1S/C33H51N3O5/c1-32(2,3)40-30(38)35-24-28(36-31(39)41-33(4,5)6)18-13-23-34-29(37)27(21-19-25-14-9-7-10-15-25)22-20-26-16-11-8-12-17-26/h7,9-11,14-17,27-28H,8,12-13,18-24H2,1-6H3,(H,34,37)(H,35,38)(H,36,39). The molecular weight excluding hydrogens is 518 g/mol. The molecule has 1 aromatic rings. The summed E-state index contributed by atoms with van der Waals surface area (Å²) in [7, 11) is 0. The van der Waals surface area contributed by atoms with Crippen LogP contribution < -0.4 is 16.0 Å². The molecular formula is C33H51N3O5. The van der Waals surface area contributed by atoms with Gasteiger partial charge in [-0.25, -0.2) is 9.59 Å². The summed E-state index contributed by atoms with van der Waals surface area (Å²) in [6, 6.07) is 9.88. The van der Waals surface area contributed by atoms with Gasteiger partial charge in [0.2, 0.25) is 5.91 Å². The van der Waals surface area contributed by atoms with Crippen molar-refractivity contribution in [1.29, 1.82) is 0 Å². The van der Waals surface area contributed by atoms with E-state index in [0.29, 0.717) is 19.4 Å². The highest BCUT2D eigenvalue weighted by Crippen LogP contribution is 2.22. The Hall–Kier alpha value is -3.29. The van der Waals surface area contributed by atoms with Gasteiger partial charge in [0.1, 0.15) is 11.2 Å². The van der Waals surface area contributed by atoms with E-state index in [2.05, 4.69) is 46.3 Å². The molecule has 1 aliphatic rings. The molecule has 0 aliphatic heterocycles. The molecule has 8 heteroatoms. The highest BCUT2D eigenvalue weighted by molar-refractivity contribution is 5.78. The molecule has 0 radical (unpaired) electrons. The highest BCUT2D eigenvalue weighted by Gasteiger charge is 2.22. The summed E-state index contributed by atoms with van der Waals surface area (Å²) in [4.78, 5) is 37.8. The predicted octanol–water partition coefficient (Wildman–Crippen LogP) is 6.61. The fourth-order valence-electron chi connectivity index (χ4n) is 4.51. The van der Waals surface area contributed by atoms with E-state index in [4.69, 9.17) is 9.47 Å². The van der Waals surface area contributed by atoms with Gasteiger partial charge in [-0.1, -0.05) is 54.1 Å². The maximum atomic E-state index is 13.3.